The van der Waals surface area contributed by atoms with Crippen LogP contribution in [0.1, 0.15) is 106 Å². The Hall–Kier alpha value is -1.93. The zero-order chi connectivity index (χ0) is 31.8. The number of fused-ring (bicyclic) bond motifs is 7. The summed E-state index contributed by atoms with van der Waals surface area (Å²) < 4.78 is 0. The average Bonchev–Trinajstić information content (AvgIpc) is 3.35. The Balaban J connectivity index is 1.44. The molecule has 43 heavy (non-hydrogen) atoms. The smallest absolute Gasteiger partial charge is 0.325 e. The first kappa shape index (κ1) is 32.5. The van der Waals surface area contributed by atoms with E-state index in [0.29, 0.717) is 11.8 Å². The van der Waals surface area contributed by atoms with Crippen LogP contribution in [0.5, 0.6) is 0 Å². The number of aliphatic hydroxyl groups excluding tert-OH is 2. The van der Waals surface area contributed by atoms with E-state index < -0.39 is 34.9 Å². The van der Waals surface area contributed by atoms with E-state index in [9.17, 15) is 24.6 Å². The van der Waals surface area contributed by atoms with Crippen LogP contribution in [0.3, 0.4) is 0 Å². The average molecular weight is 601 g/mol. The molecule has 5 aliphatic rings. The quantitative estimate of drug-likeness (QED) is 0.269. The lowest BCUT2D eigenvalue weighted by Gasteiger charge is -2.73. The molecule has 0 aromatic carbocycles. The number of hydrogen-bond donors (Lipinski definition) is 5. The summed E-state index contributed by atoms with van der Waals surface area (Å²) >= 11 is 0. The second kappa shape index (κ2) is 10.9. The van der Waals surface area contributed by atoms with E-state index in [1.165, 1.54) is 6.92 Å². The molecule has 242 valence electrons. The molecule has 0 spiro atoms. The van der Waals surface area contributed by atoms with Crippen LogP contribution in [0.4, 0.5) is 0 Å². The van der Waals surface area contributed by atoms with Crippen LogP contribution >= 0.6 is 0 Å². The van der Waals surface area contributed by atoms with Gasteiger partial charge in [-0.1, -0.05) is 39.8 Å². The largest absolute Gasteiger partial charge is 0.480 e. The number of hydrogen-bond acceptors (Lipinski definition) is 5. The molecule has 5 aliphatic carbocycles. The molecular formula is C35H56N2O6. The van der Waals surface area contributed by atoms with E-state index in [1.807, 2.05) is 0 Å². The molecule has 0 aromatic rings. The van der Waals surface area contributed by atoms with Crippen LogP contribution < -0.4 is 10.6 Å². The summed E-state index contributed by atoms with van der Waals surface area (Å²) in [6, 6.07) is -1.01. The van der Waals surface area contributed by atoms with Crippen molar-refractivity contribution in [3.05, 3.63) is 12.2 Å². The molecular weight excluding hydrogens is 544 g/mol. The molecule has 8 heteroatoms. The molecule has 0 unspecified atom stereocenters. The fourth-order valence-electron chi connectivity index (χ4n) is 12.2. The van der Waals surface area contributed by atoms with Crippen molar-refractivity contribution in [1.29, 1.82) is 0 Å². The van der Waals surface area contributed by atoms with Crippen LogP contribution in [0, 0.1) is 56.7 Å². The van der Waals surface area contributed by atoms with Crippen LogP contribution in [0.15, 0.2) is 12.2 Å². The summed E-state index contributed by atoms with van der Waals surface area (Å²) in [6.07, 6.45) is 8.92. The van der Waals surface area contributed by atoms with Gasteiger partial charge in [-0.25, -0.2) is 0 Å². The van der Waals surface area contributed by atoms with Gasteiger partial charge in [-0.05, 0) is 124 Å². The van der Waals surface area contributed by atoms with Crippen molar-refractivity contribution in [2.75, 3.05) is 13.2 Å². The first-order chi connectivity index (χ1) is 20.0. The minimum Gasteiger partial charge on any atom is -0.480 e. The van der Waals surface area contributed by atoms with Gasteiger partial charge in [0.05, 0.1) is 24.7 Å². The molecule has 0 radical (unpaired) electrons. The highest BCUT2D eigenvalue weighted by Gasteiger charge is 2.72. The minimum atomic E-state index is -1.11. The molecule has 0 heterocycles. The van der Waals surface area contributed by atoms with E-state index in [-0.39, 0.29) is 53.1 Å². The second-order valence-electron chi connectivity index (χ2n) is 16.4. The monoisotopic (exact) mass is 600 g/mol. The van der Waals surface area contributed by atoms with Gasteiger partial charge in [-0.3, -0.25) is 14.4 Å². The number of aliphatic carboxylic acids is 1. The van der Waals surface area contributed by atoms with Gasteiger partial charge < -0.3 is 26.0 Å². The fourth-order valence-corrected chi connectivity index (χ4v) is 12.2. The molecule has 8 nitrogen and oxygen atoms in total. The third-order valence-corrected chi connectivity index (χ3v) is 14.8. The molecule has 12 atom stereocenters. The highest BCUT2D eigenvalue weighted by molar-refractivity contribution is 5.90. The summed E-state index contributed by atoms with van der Waals surface area (Å²) in [5.74, 6) is -0.121. The number of nitrogens with one attached hydrogen (secondary N) is 2. The number of carboxylic acid groups (broad SMARTS) is 1. The molecule has 5 rings (SSSR count). The Bertz CT molecular complexity index is 1170. The van der Waals surface area contributed by atoms with Crippen molar-refractivity contribution in [2.45, 2.75) is 118 Å². The zero-order valence-electron chi connectivity index (χ0n) is 27.3. The van der Waals surface area contributed by atoms with Crippen molar-refractivity contribution in [3.8, 4) is 0 Å². The minimum absolute atomic E-state index is 0.0188. The summed E-state index contributed by atoms with van der Waals surface area (Å²) in [5, 5.41) is 36.1. The number of aliphatic hydroxyl groups is 2. The number of allylic oxidation sites excluding steroid dienone is 1. The predicted molar refractivity (Wildman–Crippen MR) is 165 cm³/mol. The number of carbonyl (C=O) groups is 3. The molecule has 5 N–H and O–H groups in total. The topological polar surface area (TPSA) is 136 Å². The lowest BCUT2D eigenvalue weighted by atomic mass is 9.32. The molecule has 5 saturated carbocycles. The zero-order valence-corrected chi connectivity index (χ0v) is 27.3. The summed E-state index contributed by atoms with van der Waals surface area (Å²) in [6.45, 7) is 17.3. The Labute approximate surface area is 257 Å². The molecule has 0 saturated heterocycles. The highest BCUT2D eigenvalue weighted by atomic mass is 16.4. The van der Waals surface area contributed by atoms with Gasteiger partial charge in [0.25, 0.3) is 0 Å². The maximum atomic E-state index is 14.1. The van der Waals surface area contributed by atoms with E-state index in [1.54, 1.807) is 0 Å². The Morgan fingerprint density at radius 2 is 1.60 bits per heavy atom. The Morgan fingerprint density at radius 1 is 0.907 bits per heavy atom. The normalized spacial score (nSPS) is 47.6. The number of carboxylic acids is 1. The SMILES string of the molecule is C=C(C)[C@@H]1CC[C@]2(C(=O)NCC(=O)N[C@@H](C)C(=O)O)CC[C@]3(C)[C@H](CC[C@@H]4[C@@]5(C)CC[C@H](O)[C@@](C)(CO)[C@@H]5CC[C@]43C)[C@@H]12. The second-order valence-corrected chi connectivity index (χ2v) is 16.4. The first-order valence-electron chi connectivity index (χ1n) is 16.8. The van der Waals surface area contributed by atoms with Crippen LogP contribution in [-0.4, -0.2) is 58.4 Å². The first-order valence-corrected chi connectivity index (χ1v) is 16.8. The molecule has 0 bridgehead atoms. The van der Waals surface area contributed by atoms with Gasteiger partial charge in [-0.2, -0.15) is 0 Å². The van der Waals surface area contributed by atoms with Gasteiger partial charge in [0.15, 0.2) is 0 Å². The maximum absolute atomic E-state index is 14.1. The van der Waals surface area contributed by atoms with Crippen LogP contribution in [0.25, 0.3) is 0 Å². The van der Waals surface area contributed by atoms with Gasteiger partial charge in [-0.15, -0.1) is 0 Å². The molecule has 2 amide bonds. The van der Waals surface area contributed by atoms with E-state index >= 15 is 0 Å². The fraction of sp³-hybridized carbons (Fsp3) is 0.857. The molecule has 0 aliphatic heterocycles. The van der Waals surface area contributed by atoms with Gasteiger partial charge in [0, 0.05) is 5.41 Å². The maximum Gasteiger partial charge on any atom is 0.325 e. The van der Waals surface area contributed by atoms with Crippen LogP contribution in [-0.2, 0) is 14.4 Å². The van der Waals surface area contributed by atoms with Gasteiger partial charge >= 0.3 is 5.97 Å². The lowest BCUT2D eigenvalue weighted by molar-refractivity contribution is -0.252. The number of carbonyl (C=O) groups excluding carboxylic acids is 2. The van der Waals surface area contributed by atoms with Gasteiger partial charge in [0.1, 0.15) is 6.04 Å². The predicted octanol–water partition coefficient (Wildman–Crippen LogP) is 4.68. The number of amides is 2. The molecule has 5 fully saturated rings. The Morgan fingerprint density at radius 3 is 2.23 bits per heavy atom. The van der Waals surface area contributed by atoms with Crippen molar-refractivity contribution in [3.63, 3.8) is 0 Å². The standard InChI is InChI=1S/C35H56N2O6/c1-20(2)22-10-15-35(30(43)36-18-27(40)37-21(3)29(41)42)17-16-33(6)23(28(22)35)8-9-25-31(4)13-12-26(39)32(5,19-38)24(31)11-14-34(25,33)7/h21-26,28,38-39H,1,8-19H2,2-7H3,(H,36,43)(H,37,40)(H,41,42)/t21-,22-,23+,24+,25+,26-,28+,31-,32-,33+,34+,35-/m0/s1. The van der Waals surface area contributed by atoms with Crippen molar-refractivity contribution < 1.29 is 29.7 Å². The summed E-state index contributed by atoms with van der Waals surface area (Å²) in [5.41, 5.74) is 0.277. The number of rotatable bonds is 7. The van der Waals surface area contributed by atoms with E-state index in [4.69, 9.17) is 5.11 Å². The van der Waals surface area contributed by atoms with Crippen molar-refractivity contribution >= 4 is 17.8 Å². The van der Waals surface area contributed by atoms with Crippen LogP contribution in [0.2, 0.25) is 0 Å². The third-order valence-electron chi connectivity index (χ3n) is 14.8. The van der Waals surface area contributed by atoms with E-state index in [2.05, 4.69) is 51.8 Å². The highest BCUT2D eigenvalue weighted by Crippen LogP contribution is 2.77. The van der Waals surface area contributed by atoms with Crippen molar-refractivity contribution in [1.82, 2.24) is 10.6 Å². The summed E-state index contributed by atoms with van der Waals surface area (Å²) in [4.78, 5) is 37.8. The van der Waals surface area contributed by atoms with Gasteiger partial charge in [0.2, 0.25) is 11.8 Å². The Kier molecular flexibility index (Phi) is 8.19. The van der Waals surface area contributed by atoms with Crippen molar-refractivity contribution in [2.24, 2.45) is 56.7 Å². The third kappa shape index (κ3) is 4.54. The molecule has 0 aromatic heterocycles. The summed E-state index contributed by atoms with van der Waals surface area (Å²) in [7, 11) is 0. The van der Waals surface area contributed by atoms with E-state index in [0.717, 1.165) is 69.8 Å². The lowest BCUT2D eigenvalue weighted by Crippen LogP contribution is -2.68.